The van der Waals surface area contributed by atoms with E-state index in [9.17, 15) is 9.59 Å². The second kappa shape index (κ2) is 8.70. The topological polar surface area (TPSA) is 67.3 Å². The monoisotopic (exact) mass is 483 g/mol. The van der Waals surface area contributed by atoms with Gasteiger partial charge in [0, 0.05) is 59.3 Å². The summed E-state index contributed by atoms with van der Waals surface area (Å²) in [5.74, 6) is 0. The molecule has 186 valence electrons. The molecule has 1 amide bonds. The highest BCUT2D eigenvalue weighted by molar-refractivity contribution is 6.09. The number of fused-ring (bicyclic) bond motifs is 3. The Morgan fingerprint density at radius 3 is 2.42 bits per heavy atom. The summed E-state index contributed by atoms with van der Waals surface area (Å²) < 4.78 is 7.17. The minimum atomic E-state index is -0.490. The van der Waals surface area contributed by atoms with Crippen molar-refractivity contribution >= 4 is 33.5 Å². The third-order valence-electron chi connectivity index (χ3n) is 7.07. The molecule has 0 unspecified atom stereocenters. The van der Waals surface area contributed by atoms with Crippen LogP contribution in [0, 0.1) is 13.8 Å². The number of hydrogen-bond donors (Lipinski definition) is 1. The molecule has 0 saturated carbocycles. The Hall–Kier alpha value is -3.80. The Morgan fingerprint density at radius 2 is 1.72 bits per heavy atom. The third kappa shape index (κ3) is 4.32. The number of hydrogen-bond acceptors (Lipinski definition) is 3. The van der Waals surface area contributed by atoms with Crippen molar-refractivity contribution in [2.75, 3.05) is 13.1 Å². The molecule has 6 heteroatoms. The van der Waals surface area contributed by atoms with Crippen LogP contribution in [0.4, 0.5) is 4.79 Å². The molecule has 1 aliphatic rings. The predicted molar refractivity (Wildman–Crippen MR) is 146 cm³/mol. The molecule has 0 spiro atoms. The zero-order valence-electron chi connectivity index (χ0n) is 21.9. The van der Waals surface area contributed by atoms with Crippen LogP contribution >= 0.6 is 0 Å². The molecule has 0 radical (unpaired) electrons. The Bertz CT molecular complexity index is 1600. The second-order valence-corrected chi connectivity index (χ2v) is 10.8. The highest BCUT2D eigenvalue weighted by Gasteiger charge is 2.24. The average molecular weight is 484 g/mol. The number of carbonyl (C=O) groups excluding carboxylic acids is 1. The van der Waals surface area contributed by atoms with Crippen LogP contribution in [0.5, 0.6) is 0 Å². The van der Waals surface area contributed by atoms with Crippen molar-refractivity contribution < 1.29 is 9.53 Å². The molecular formula is C30H33N3O3. The zero-order valence-corrected chi connectivity index (χ0v) is 21.9. The quantitative estimate of drug-likeness (QED) is 0.362. The fourth-order valence-corrected chi connectivity index (χ4v) is 4.96. The number of H-pyrrole nitrogens is 1. The van der Waals surface area contributed by atoms with Crippen molar-refractivity contribution in [3.8, 4) is 11.1 Å². The van der Waals surface area contributed by atoms with Gasteiger partial charge in [-0.05, 0) is 81.5 Å². The molecule has 3 heterocycles. The number of carbonyl (C=O) groups is 1. The van der Waals surface area contributed by atoms with Crippen molar-refractivity contribution in [1.29, 1.82) is 0 Å². The lowest BCUT2D eigenvalue weighted by Gasteiger charge is -2.29. The number of nitrogens with one attached hydrogen (secondary N) is 1. The van der Waals surface area contributed by atoms with Gasteiger partial charge in [0.25, 0.3) is 5.56 Å². The Balaban J connectivity index is 1.46. The number of amides is 1. The zero-order chi connectivity index (χ0) is 25.8. The molecule has 2 aromatic heterocycles. The van der Waals surface area contributed by atoms with E-state index in [0.717, 1.165) is 39.7 Å². The van der Waals surface area contributed by atoms with Crippen molar-refractivity contribution in [1.82, 2.24) is 14.5 Å². The minimum Gasteiger partial charge on any atom is -0.444 e. The summed E-state index contributed by atoms with van der Waals surface area (Å²) in [5.41, 5.74) is 8.09. The summed E-state index contributed by atoms with van der Waals surface area (Å²) in [6, 6.07) is 13.0. The number of ether oxygens (including phenoxy) is 1. The van der Waals surface area contributed by atoms with E-state index in [0.29, 0.717) is 13.1 Å². The van der Waals surface area contributed by atoms with E-state index in [1.807, 2.05) is 40.8 Å². The number of nitrogens with zero attached hydrogens (tertiary/aromatic N) is 2. The van der Waals surface area contributed by atoms with Gasteiger partial charge in [-0.15, -0.1) is 0 Å². The smallest absolute Gasteiger partial charge is 0.410 e. The molecule has 4 aromatic rings. The van der Waals surface area contributed by atoms with Gasteiger partial charge >= 0.3 is 6.09 Å². The van der Waals surface area contributed by atoms with Gasteiger partial charge in [-0.25, -0.2) is 4.79 Å². The lowest BCUT2D eigenvalue weighted by atomic mass is 9.96. The number of aryl methyl sites for hydroxylation is 1. The van der Waals surface area contributed by atoms with E-state index in [1.54, 1.807) is 16.5 Å². The van der Waals surface area contributed by atoms with Crippen LogP contribution in [0.2, 0.25) is 0 Å². The maximum Gasteiger partial charge on any atom is 0.410 e. The summed E-state index contributed by atoms with van der Waals surface area (Å²) in [4.78, 5) is 30.0. The van der Waals surface area contributed by atoms with Crippen molar-refractivity contribution in [2.45, 2.75) is 46.6 Å². The lowest BCUT2D eigenvalue weighted by Crippen LogP contribution is -2.39. The van der Waals surface area contributed by atoms with Crippen LogP contribution < -0.4 is 5.56 Å². The van der Waals surface area contributed by atoms with E-state index in [2.05, 4.69) is 47.5 Å². The summed E-state index contributed by atoms with van der Waals surface area (Å²) >= 11 is 0. The average Bonchev–Trinajstić information content (AvgIpc) is 3.21. The number of rotatable bonds is 2. The molecular weight excluding hydrogens is 450 g/mol. The standard InChI is InChI=1S/C30H33N3O3/c1-18-19(2)28(34)32(6)17-25(18)22-7-9-23-24-15-21(8-10-26(24)31-27(23)16-22)20-11-13-33(14-12-20)29(35)36-30(3,4)5/h7-11,15-17,31H,12-14H2,1-6H3. The molecule has 0 atom stereocenters. The van der Waals surface area contributed by atoms with Gasteiger partial charge in [-0.2, -0.15) is 0 Å². The van der Waals surface area contributed by atoms with Crippen molar-refractivity contribution in [2.24, 2.45) is 7.05 Å². The SMILES string of the molecule is Cc1c(-c2ccc3c(c2)[nH]c2ccc(C4=CCN(C(=O)OC(C)(C)C)CC4)cc23)cn(C)c(=O)c1C. The minimum absolute atomic E-state index is 0.0432. The molecule has 2 aromatic carbocycles. The van der Waals surface area contributed by atoms with Crippen LogP contribution in [0.3, 0.4) is 0 Å². The van der Waals surface area contributed by atoms with E-state index in [-0.39, 0.29) is 11.7 Å². The van der Waals surface area contributed by atoms with Gasteiger partial charge in [-0.1, -0.05) is 24.3 Å². The number of benzene rings is 2. The molecule has 1 aliphatic heterocycles. The summed E-state index contributed by atoms with van der Waals surface area (Å²) in [5, 5.41) is 2.35. The first-order valence-corrected chi connectivity index (χ1v) is 12.4. The summed E-state index contributed by atoms with van der Waals surface area (Å²) in [7, 11) is 1.80. The van der Waals surface area contributed by atoms with Gasteiger partial charge in [0.2, 0.25) is 0 Å². The first-order chi connectivity index (χ1) is 17.0. The highest BCUT2D eigenvalue weighted by Crippen LogP contribution is 2.33. The maximum atomic E-state index is 12.4. The van der Waals surface area contributed by atoms with E-state index in [4.69, 9.17) is 4.74 Å². The Kier molecular flexibility index (Phi) is 5.78. The molecule has 0 bridgehead atoms. The van der Waals surface area contributed by atoms with Gasteiger partial charge in [-0.3, -0.25) is 4.79 Å². The van der Waals surface area contributed by atoms with Gasteiger partial charge in [0.15, 0.2) is 0 Å². The first kappa shape index (κ1) is 23.9. The Labute approximate surface area is 211 Å². The van der Waals surface area contributed by atoms with E-state index in [1.165, 1.54) is 21.9 Å². The summed E-state index contributed by atoms with van der Waals surface area (Å²) in [6.45, 7) is 10.8. The van der Waals surface area contributed by atoms with Crippen LogP contribution in [-0.2, 0) is 11.8 Å². The van der Waals surface area contributed by atoms with Gasteiger partial charge in [0.1, 0.15) is 5.60 Å². The molecule has 6 nitrogen and oxygen atoms in total. The van der Waals surface area contributed by atoms with Crippen LogP contribution in [0.25, 0.3) is 38.5 Å². The number of aromatic nitrogens is 2. The van der Waals surface area contributed by atoms with Crippen LogP contribution in [0.1, 0.15) is 43.9 Å². The normalized spacial score (nSPS) is 14.4. The van der Waals surface area contributed by atoms with E-state index < -0.39 is 5.60 Å². The first-order valence-electron chi connectivity index (χ1n) is 12.4. The molecule has 5 rings (SSSR count). The largest absolute Gasteiger partial charge is 0.444 e. The van der Waals surface area contributed by atoms with Crippen LogP contribution in [0.15, 0.2) is 53.5 Å². The molecule has 0 fully saturated rings. The van der Waals surface area contributed by atoms with E-state index >= 15 is 0 Å². The van der Waals surface area contributed by atoms with Crippen LogP contribution in [-0.4, -0.2) is 39.2 Å². The van der Waals surface area contributed by atoms with Gasteiger partial charge in [0.05, 0.1) is 0 Å². The molecule has 36 heavy (non-hydrogen) atoms. The lowest BCUT2D eigenvalue weighted by molar-refractivity contribution is 0.0270. The molecule has 0 saturated heterocycles. The summed E-state index contributed by atoms with van der Waals surface area (Å²) in [6.07, 6.45) is 4.59. The predicted octanol–water partition coefficient (Wildman–Crippen LogP) is 6.33. The molecule has 0 aliphatic carbocycles. The third-order valence-corrected chi connectivity index (χ3v) is 7.07. The fourth-order valence-electron chi connectivity index (χ4n) is 4.96. The fraction of sp³-hybridized carbons (Fsp3) is 0.333. The van der Waals surface area contributed by atoms with Gasteiger partial charge < -0.3 is 19.2 Å². The maximum absolute atomic E-state index is 12.4. The molecule has 1 N–H and O–H groups in total. The highest BCUT2D eigenvalue weighted by atomic mass is 16.6. The van der Waals surface area contributed by atoms with Crippen molar-refractivity contribution in [3.05, 3.63) is 75.7 Å². The Morgan fingerprint density at radius 1 is 0.972 bits per heavy atom. The van der Waals surface area contributed by atoms with Crippen molar-refractivity contribution in [3.63, 3.8) is 0 Å². The number of aromatic amines is 1. The second-order valence-electron chi connectivity index (χ2n) is 10.8. The number of pyridine rings is 1.